The number of amides is 2. The highest BCUT2D eigenvalue weighted by molar-refractivity contribution is 6.04. The van der Waals surface area contributed by atoms with Crippen molar-refractivity contribution in [3.05, 3.63) is 95.6 Å². The topological polar surface area (TPSA) is 70.7 Å². The van der Waals surface area contributed by atoms with Crippen molar-refractivity contribution >= 4 is 17.5 Å². The lowest BCUT2D eigenvalue weighted by molar-refractivity contribution is 0.0948. The molecule has 6 nitrogen and oxygen atoms in total. The molecule has 0 radical (unpaired) electrons. The first-order valence-electron chi connectivity index (χ1n) is 11.8. The summed E-state index contributed by atoms with van der Waals surface area (Å²) >= 11 is 0. The van der Waals surface area contributed by atoms with Gasteiger partial charge in [0.25, 0.3) is 11.8 Å². The zero-order chi connectivity index (χ0) is 24.2. The van der Waals surface area contributed by atoms with Gasteiger partial charge in [-0.1, -0.05) is 50.2 Å². The Kier molecular flexibility index (Phi) is 9.67. The fourth-order valence-corrected chi connectivity index (χ4v) is 3.54. The number of carbonyl (C=O) groups is 2. The molecule has 0 spiro atoms. The van der Waals surface area contributed by atoms with E-state index in [0.29, 0.717) is 35.7 Å². The minimum atomic E-state index is -0.232. The lowest BCUT2D eigenvalue weighted by atomic mass is 10.1. The van der Waals surface area contributed by atoms with Crippen LogP contribution in [0.15, 0.2) is 78.9 Å². The van der Waals surface area contributed by atoms with E-state index in [-0.39, 0.29) is 11.8 Å². The lowest BCUT2D eigenvalue weighted by Crippen LogP contribution is -2.34. The van der Waals surface area contributed by atoms with E-state index in [0.717, 1.165) is 26.1 Å². The summed E-state index contributed by atoms with van der Waals surface area (Å²) in [6.07, 6.45) is 0.798. The largest absolute Gasteiger partial charge is 0.493 e. The quantitative estimate of drug-likeness (QED) is 0.414. The number of rotatable bonds is 12. The number of ether oxygens (including phenoxy) is 1. The van der Waals surface area contributed by atoms with Crippen LogP contribution < -0.4 is 15.4 Å². The number of anilines is 1. The molecule has 0 aliphatic carbocycles. The Balaban J connectivity index is 1.49. The average molecular weight is 460 g/mol. The van der Waals surface area contributed by atoms with Gasteiger partial charge in [-0.2, -0.15) is 0 Å². The van der Waals surface area contributed by atoms with E-state index in [1.165, 1.54) is 5.56 Å². The van der Waals surface area contributed by atoms with Crippen molar-refractivity contribution in [2.75, 3.05) is 38.1 Å². The first kappa shape index (κ1) is 25.0. The molecule has 0 fully saturated rings. The Morgan fingerprint density at radius 2 is 1.56 bits per heavy atom. The highest BCUT2D eigenvalue weighted by Crippen LogP contribution is 2.16. The second-order valence-electron chi connectivity index (χ2n) is 7.93. The lowest BCUT2D eigenvalue weighted by Gasteiger charge is -2.18. The summed E-state index contributed by atoms with van der Waals surface area (Å²) in [4.78, 5) is 27.3. The van der Waals surface area contributed by atoms with Gasteiger partial charge in [0.2, 0.25) is 0 Å². The second kappa shape index (κ2) is 13.2. The summed E-state index contributed by atoms with van der Waals surface area (Å²) in [5, 5.41) is 5.81. The maximum atomic E-state index is 12.7. The molecule has 3 rings (SSSR count). The van der Waals surface area contributed by atoms with Crippen molar-refractivity contribution in [3.63, 3.8) is 0 Å². The van der Waals surface area contributed by atoms with Crippen molar-refractivity contribution in [1.82, 2.24) is 10.2 Å². The van der Waals surface area contributed by atoms with E-state index in [4.69, 9.17) is 4.74 Å². The number of hydrogen-bond acceptors (Lipinski definition) is 4. The van der Waals surface area contributed by atoms with Crippen molar-refractivity contribution in [2.45, 2.75) is 20.3 Å². The first-order chi connectivity index (χ1) is 16.6. The van der Waals surface area contributed by atoms with Crippen molar-refractivity contribution in [3.8, 4) is 5.75 Å². The number of hydrogen-bond donors (Lipinski definition) is 2. The fraction of sp³-hybridized carbons (Fsp3) is 0.286. The Labute approximate surface area is 201 Å². The minimum Gasteiger partial charge on any atom is -0.493 e. The van der Waals surface area contributed by atoms with Crippen LogP contribution in [-0.4, -0.2) is 49.5 Å². The molecule has 0 aromatic heterocycles. The Morgan fingerprint density at radius 1 is 0.824 bits per heavy atom. The number of nitrogens with zero attached hydrogens (tertiary/aromatic N) is 1. The van der Waals surface area contributed by atoms with Gasteiger partial charge in [0.15, 0.2) is 0 Å². The number of nitrogens with one attached hydrogen (secondary N) is 2. The van der Waals surface area contributed by atoms with Crippen LogP contribution in [0.5, 0.6) is 5.75 Å². The Morgan fingerprint density at radius 3 is 2.26 bits per heavy atom. The molecule has 0 aliphatic rings. The van der Waals surface area contributed by atoms with Gasteiger partial charge < -0.3 is 20.3 Å². The fourth-order valence-electron chi connectivity index (χ4n) is 3.54. The van der Waals surface area contributed by atoms with Gasteiger partial charge in [-0.15, -0.1) is 0 Å². The van der Waals surface area contributed by atoms with E-state index in [1.807, 2.05) is 24.3 Å². The van der Waals surface area contributed by atoms with Crippen LogP contribution in [0.25, 0.3) is 0 Å². The smallest absolute Gasteiger partial charge is 0.255 e. The predicted molar refractivity (Wildman–Crippen MR) is 137 cm³/mol. The summed E-state index contributed by atoms with van der Waals surface area (Å²) in [5.41, 5.74) is 2.90. The zero-order valence-corrected chi connectivity index (χ0v) is 19.9. The van der Waals surface area contributed by atoms with E-state index in [2.05, 4.69) is 41.5 Å². The Bertz CT molecular complexity index is 1050. The third-order valence-corrected chi connectivity index (χ3v) is 5.61. The SMILES string of the molecule is CCN(CC)CCNC(=O)c1ccc(NC(=O)c2cccc(OCCc3ccccc3)c2)cc1. The van der Waals surface area contributed by atoms with Gasteiger partial charge in [-0.3, -0.25) is 9.59 Å². The maximum absolute atomic E-state index is 12.7. The Hall–Kier alpha value is -3.64. The van der Waals surface area contributed by atoms with Crippen LogP contribution in [0.2, 0.25) is 0 Å². The molecule has 0 atom stereocenters. The molecule has 3 aromatic rings. The molecule has 0 heterocycles. The summed E-state index contributed by atoms with van der Waals surface area (Å²) in [6, 6.07) is 24.2. The molecular formula is C28H33N3O3. The normalized spacial score (nSPS) is 10.7. The number of likely N-dealkylation sites (N-methyl/N-ethyl adjacent to an activating group) is 1. The third kappa shape index (κ3) is 7.74. The van der Waals surface area contributed by atoms with E-state index < -0.39 is 0 Å². The van der Waals surface area contributed by atoms with Gasteiger partial charge >= 0.3 is 0 Å². The summed E-state index contributed by atoms with van der Waals surface area (Å²) in [6.45, 7) is 8.09. The van der Waals surface area contributed by atoms with Crippen molar-refractivity contribution < 1.29 is 14.3 Å². The summed E-state index contributed by atoms with van der Waals surface area (Å²) in [7, 11) is 0. The van der Waals surface area contributed by atoms with E-state index >= 15 is 0 Å². The zero-order valence-electron chi connectivity index (χ0n) is 19.9. The third-order valence-electron chi connectivity index (χ3n) is 5.61. The summed E-state index contributed by atoms with van der Waals surface area (Å²) in [5.74, 6) is 0.302. The predicted octanol–water partition coefficient (Wildman–Crippen LogP) is 4.63. The highest BCUT2D eigenvalue weighted by Gasteiger charge is 2.10. The van der Waals surface area contributed by atoms with Crippen LogP contribution in [0, 0.1) is 0 Å². The molecule has 34 heavy (non-hydrogen) atoms. The van der Waals surface area contributed by atoms with E-state index in [1.54, 1.807) is 42.5 Å². The van der Waals surface area contributed by atoms with Gasteiger partial charge in [0, 0.05) is 36.3 Å². The second-order valence-corrected chi connectivity index (χ2v) is 7.93. The molecular weight excluding hydrogens is 426 g/mol. The monoisotopic (exact) mass is 459 g/mol. The van der Waals surface area contributed by atoms with Crippen LogP contribution in [0.3, 0.4) is 0 Å². The van der Waals surface area contributed by atoms with Gasteiger partial charge in [-0.05, 0) is 61.1 Å². The van der Waals surface area contributed by atoms with Crippen LogP contribution in [0.1, 0.15) is 40.1 Å². The van der Waals surface area contributed by atoms with Crippen LogP contribution in [0.4, 0.5) is 5.69 Å². The standard InChI is InChI=1S/C28H33N3O3/c1-3-31(4-2)19-18-29-27(32)23-13-15-25(16-14-23)30-28(33)24-11-8-12-26(21-24)34-20-17-22-9-6-5-7-10-22/h5-16,21H,3-4,17-20H2,1-2H3,(H,29,32)(H,30,33). The summed E-state index contributed by atoms with van der Waals surface area (Å²) < 4.78 is 5.83. The molecule has 178 valence electrons. The number of carbonyl (C=O) groups excluding carboxylic acids is 2. The molecule has 2 amide bonds. The van der Waals surface area contributed by atoms with Gasteiger partial charge in [0.1, 0.15) is 5.75 Å². The molecule has 0 saturated heterocycles. The van der Waals surface area contributed by atoms with Gasteiger partial charge in [0.05, 0.1) is 6.61 Å². The highest BCUT2D eigenvalue weighted by atomic mass is 16.5. The molecule has 0 saturated carbocycles. The van der Waals surface area contributed by atoms with Crippen molar-refractivity contribution in [2.24, 2.45) is 0 Å². The maximum Gasteiger partial charge on any atom is 0.255 e. The minimum absolute atomic E-state index is 0.120. The average Bonchev–Trinajstić information content (AvgIpc) is 2.88. The molecule has 2 N–H and O–H groups in total. The van der Waals surface area contributed by atoms with E-state index in [9.17, 15) is 9.59 Å². The first-order valence-corrected chi connectivity index (χ1v) is 11.8. The molecule has 0 aliphatic heterocycles. The molecule has 0 unspecified atom stereocenters. The van der Waals surface area contributed by atoms with Crippen molar-refractivity contribution in [1.29, 1.82) is 0 Å². The molecule has 3 aromatic carbocycles. The van der Waals surface area contributed by atoms with Crippen LogP contribution in [-0.2, 0) is 6.42 Å². The van der Waals surface area contributed by atoms with Crippen LogP contribution >= 0.6 is 0 Å². The number of benzene rings is 3. The molecule has 6 heteroatoms. The van der Waals surface area contributed by atoms with Gasteiger partial charge in [-0.25, -0.2) is 0 Å². The molecule has 0 bridgehead atoms.